The molecule has 102 valence electrons. The van der Waals surface area contributed by atoms with Gasteiger partial charge >= 0.3 is 0 Å². The minimum absolute atomic E-state index is 0.212. The molecule has 1 aromatic heterocycles. The minimum Gasteiger partial charge on any atom is -0.390 e. The van der Waals surface area contributed by atoms with Crippen LogP contribution in [0.2, 0.25) is 0 Å². The first-order chi connectivity index (χ1) is 8.42. The molecule has 1 saturated carbocycles. The molecule has 2 rings (SSSR count). The highest BCUT2D eigenvalue weighted by Crippen LogP contribution is 2.46. The van der Waals surface area contributed by atoms with Gasteiger partial charge in [-0.3, -0.25) is 0 Å². The maximum absolute atomic E-state index is 11.1. The second-order valence-corrected chi connectivity index (χ2v) is 7.68. The molecule has 0 radical (unpaired) electrons. The van der Waals surface area contributed by atoms with Crippen molar-refractivity contribution >= 4 is 11.3 Å². The third-order valence-corrected chi connectivity index (χ3v) is 5.21. The van der Waals surface area contributed by atoms with Gasteiger partial charge in [0.15, 0.2) is 0 Å². The summed E-state index contributed by atoms with van der Waals surface area (Å²) in [6, 6.07) is 2.18. The van der Waals surface area contributed by atoms with Crippen LogP contribution in [0.5, 0.6) is 0 Å². The van der Waals surface area contributed by atoms with Gasteiger partial charge in [0.05, 0.1) is 5.60 Å². The molecule has 1 N–H and O–H groups in total. The molecule has 0 aliphatic heterocycles. The van der Waals surface area contributed by atoms with Crippen molar-refractivity contribution in [2.24, 2.45) is 11.3 Å². The molecule has 1 fully saturated rings. The SMILES string of the molecule is CC(C)(C)C1CCCCC1(O)CCc1ccsc1. The summed E-state index contributed by atoms with van der Waals surface area (Å²) in [7, 11) is 0. The molecule has 2 heteroatoms. The molecule has 0 aromatic carbocycles. The third-order valence-electron chi connectivity index (χ3n) is 4.47. The van der Waals surface area contributed by atoms with Gasteiger partial charge in [-0.15, -0.1) is 0 Å². The predicted molar refractivity (Wildman–Crippen MR) is 79.0 cm³/mol. The van der Waals surface area contributed by atoms with Gasteiger partial charge in [-0.05, 0) is 59.4 Å². The van der Waals surface area contributed by atoms with Crippen molar-refractivity contribution in [3.05, 3.63) is 22.4 Å². The third kappa shape index (κ3) is 3.16. The highest BCUT2D eigenvalue weighted by molar-refractivity contribution is 7.07. The monoisotopic (exact) mass is 266 g/mol. The summed E-state index contributed by atoms with van der Waals surface area (Å²) >= 11 is 1.75. The lowest BCUT2D eigenvalue weighted by Gasteiger charge is -2.47. The van der Waals surface area contributed by atoms with E-state index < -0.39 is 5.60 Å². The maximum Gasteiger partial charge on any atom is 0.0684 e. The molecule has 2 unspecified atom stereocenters. The van der Waals surface area contributed by atoms with Crippen molar-refractivity contribution in [3.63, 3.8) is 0 Å². The van der Waals surface area contributed by atoms with Crippen LogP contribution < -0.4 is 0 Å². The molecular weight excluding hydrogens is 240 g/mol. The van der Waals surface area contributed by atoms with Gasteiger partial charge in [-0.1, -0.05) is 33.6 Å². The first kappa shape index (κ1) is 14.1. The standard InChI is InChI=1S/C16H26OS/c1-15(2,3)14-6-4-5-9-16(14,17)10-7-13-8-11-18-12-13/h8,11-12,14,17H,4-7,9-10H2,1-3H3. The zero-order chi connectivity index (χ0) is 13.2. The molecule has 0 bridgehead atoms. The van der Waals surface area contributed by atoms with E-state index in [2.05, 4.69) is 37.6 Å². The quantitative estimate of drug-likeness (QED) is 0.844. The van der Waals surface area contributed by atoms with Crippen LogP contribution in [-0.4, -0.2) is 10.7 Å². The minimum atomic E-state index is -0.446. The van der Waals surface area contributed by atoms with E-state index in [0.29, 0.717) is 5.92 Å². The Morgan fingerprint density at radius 2 is 2.17 bits per heavy atom. The van der Waals surface area contributed by atoms with Crippen molar-refractivity contribution in [2.45, 2.75) is 64.9 Å². The van der Waals surface area contributed by atoms with Crippen LogP contribution in [0.15, 0.2) is 16.8 Å². The fourth-order valence-electron chi connectivity index (χ4n) is 3.56. The van der Waals surface area contributed by atoms with Crippen LogP contribution in [0.3, 0.4) is 0 Å². The number of hydrogen-bond acceptors (Lipinski definition) is 2. The molecule has 1 aliphatic carbocycles. The van der Waals surface area contributed by atoms with E-state index in [4.69, 9.17) is 0 Å². The van der Waals surface area contributed by atoms with E-state index in [1.807, 2.05) is 0 Å². The van der Waals surface area contributed by atoms with Crippen molar-refractivity contribution in [2.75, 3.05) is 0 Å². The van der Waals surface area contributed by atoms with E-state index in [0.717, 1.165) is 19.3 Å². The number of hydrogen-bond donors (Lipinski definition) is 1. The van der Waals surface area contributed by atoms with E-state index in [9.17, 15) is 5.11 Å². The van der Waals surface area contributed by atoms with Crippen LogP contribution in [-0.2, 0) is 6.42 Å². The van der Waals surface area contributed by atoms with E-state index in [1.165, 1.54) is 24.8 Å². The van der Waals surface area contributed by atoms with Gasteiger partial charge in [0.25, 0.3) is 0 Å². The Balaban J connectivity index is 2.05. The van der Waals surface area contributed by atoms with Crippen molar-refractivity contribution in [1.82, 2.24) is 0 Å². The lowest BCUT2D eigenvalue weighted by Crippen LogP contribution is -2.47. The van der Waals surface area contributed by atoms with Gasteiger partial charge in [0.2, 0.25) is 0 Å². The fourth-order valence-corrected chi connectivity index (χ4v) is 4.26. The van der Waals surface area contributed by atoms with Crippen LogP contribution >= 0.6 is 11.3 Å². The van der Waals surface area contributed by atoms with E-state index >= 15 is 0 Å². The van der Waals surface area contributed by atoms with Crippen LogP contribution in [0.4, 0.5) is 0 Å². The van der Waals surface area contributed by atoms with Crippen LogP contribution in [0, 0.1) is 11.3 Å². The van der Waals surface area contributed by atoms with Crippen molar-refractivity contribution < 1.29 is 5.11 Å². The summed E-state index contributed by atoms with van der Waals surface area (Å²) in [5, 5.41) is 15.4. The van der Waals surface area contributed by atoms with Gasteiger partial charge < -0.3 is 5.11 Å². The van der Waals surface area contributed by atoms with Gasteiger partial charge in [0.1, 0.15) is 0 Å². The largest absolute Gasteiger partial charge is 0.390 e. The molecule has 1 nitrogen and oxygen atoms in total. The Labute approximate surface area is 115 Å². The van der Waals surface area contributed by atoms with E-state index in [1.54, 1.807) is 11.3 Å². The zero-order valence-electron chi connectivity index (χ0n) is 11.9. The molecule has 1 aromatic rings. The van der Waals surface area contributed by atoms with E-state index in [-0.39, 0.29) is 5.41 Å². The summed E-state index contributed by atoms with van der Waals surface area (Å²) in [6.07, 6.45) is 6.58. The van der Waals surface area contributed by atoms with Gasteiger partial charge in [-0.2, -0.15) is 11.3 Å². The molecule has 2 atom stereocenters. The van der Waals surface area contributed by atoms with Crippen molar-refractivity contribution in [3.8, 4) is 0 Å². The smallest absolute Gasteiger partial charge is 0.0684 e. The Morgan fingerprint density at radius 3 is 2.78 bits per heavy atom. The first-order valence-corrected chi connectivity index (χ1v) is 8.09. The number of aliphatic hydroxyl groups is 1. The van der Waals surface area contributed by atoms with Crippen molar-refractivity contribution in [1.29, 1.82) is 0 Å². The highest BCUT2D eigenvalue weighted by atomic mass is 32.1. The Hall–Kier alpha value is -0.340. The average molecular weight is 266 g/mol. The normalized spacial score (nSPS) is 29.4. The summed E-state index contributed by atoms with van der Waals surface area (Å²) in [5.41, 5.74) is 1.15. The topological polar surface area (TPSA) is 20.2 Å². The second-order valence-electron chi connectivity index (χ2n) is 6.90. The predicted octanol–water partition coefficient (Wildman–Crippen LogP) is 4.65. The summed E-state index contributed by atoms with van der Waals surface area (Å²) in [4.78, 5) is 0. The Morgan fingerprint density at radius 1 is 1.39 bits per heavy atom. The fraction of sp³-hybridized carbons (Fsp3) is 0.750. The number of rotatable bonds is 3. The average Bonchev–Trinajstić information content (AvgIpc) is 2.78. The summed E-state index contributed by atoms with van der Waals surface area (Å²) in [5.74, 6) is 0.442. The molecule has 0 saturated heterocycles. The zero-order valence-corrected chi connectivity index (χ0v) is 12.7. The number of thiophene rings is 1. The molecule has 1 aliphatic rings. The number of aryl methyl sites for hydroxylation is 1. The molecule has 0 spiro atoms. The van der Waals surface area contributed by atoms with Gasteiger partial charge in [0, 0.05) is 0 Å². The molecular formula is C16H26OS. The highest BCUT2D eigenvalue weighted by Gasteiger charge is 2.44. The Kier molecular flexibility index (Phi) is 4.18. The molecule has 18 heavy (non-hydrogen) atoms. The lowest BCUT2D eigenvalue weighted by atomic mass is 9.62. The first-order valence-electron chi connectivity index (χ1n) is 7.15. The van der Waals surface area contributed by atoms with Gasteiger partial charge in [-0.25, -0.2) is 0 Å². The van der Waals surface area contributed by atoms with Crippen LogP contribution in [0.25, 0.3) is 0 Å². The molecule has 1 heterocycles. The molecule has 0 amide bonds. The summed E-state index contributed by atoms with van der Waals surface area (Å²) in [6.45, 7) is 6.83. The lowest BCUT2D eigenvalue weighted by molar-refractivity contribution is -0.0945. The van der Waals surface area contributed by atoms with Crippen LogP contribution in [0.1, 0.15) is 58.4 Å². The second kappa shape index (κ2) is 5.34. The summed E-state index contributed by atoms with van der Waals surface area (Å²) < 4.78 is 0. The Bertz CT molecular complexity index is 363. The maximum atomic E-state index is 11.1.